The molecular weight excluding hydrogens is 358 g/mol. The van der Waals surface area contributed by atoms with Crippen LogP contribution in [0.15, 0.2) is 60.2 Å². The largest absolute Gasteiger partial charge is 0.448 e. The highest BCUT2D eigenvalue weighted by atomic mass is 16.6. The number of carbonyl (C=O) groups excluding carboxylic acids is 1. The first-order chi connectivity index (χ1) is 14.3. The second-order valence-corrected chi connectivity index (χ2v) is 8.64. The normalized spacial score (nSPS) is 22.7. The molecule has 2 aliphatic heterocycles. The molecule has 1 fully saturated rings. The van der Waals surface area contributed by atoms with Gasteiger partial charge in [-0.1, -0.05) is 73.5 Å². The molecule has 2 bridgehead atoms. The maximum Gasteiger partial charge on any atom is 0.410 e. The first-order valence-corrected chi connectivity index (χ1v) is 11.1. The van der Waals surface area contributed by atoms with Crippen LogP contribution in [0.3, 0.4) is 0 Å². The number of nitrogens with zero attached hydrogens (tertiary/aromatic N) is 1. The van der Waals surface area contributed by atoms with Crippen molar-refractivity contribution in [1.29, 1.82) is 0 Å². The summed E-state index contributed by atoms with van der Waals surface area (Å²) in [6.45, 7) is 2.64. The number of hydrogen-bond acceptors (Lipinski definition) is 2. The average Bonchev–Trinajstić information content (AvgIpc) is 3.05. The van der Waals surface area contributed by atoms with Crippen LogP contribution in [0.25, 0.3) is 11.1 Å². The van der Waals surface area contributed by atoms with E-state index in [1.807, 2.05) is 4.90 Å². The molecule has 0 N–H and O–H groups in total. The summed E-state index contributed by atoms with van der Waals surface area (Å²) in [6, 6.07) is 17.5. The molecule has 1 aliphatic carbocycles. The Labute approximate surface area is 173 Å². The molecule has 3 nitrogen and oxygen atoms in total. The van der Waals surface area contributed by atoms with Gasteiger partial charge in [-0.05, 0) is 54.4 Å². The third-order valence-corrected chi connectivity index (χ3v) is 6.83. The maximum absolute atomic E-state index is 13.1. The number of rotatable bonds is 4. The minimum absolute atomic E-state index is 0.127. The quantitative estimate of drug-likeness (QED) is 0.577. The van der Waals surface area contributed by atoms with E-state index < -0.39 is 0 Å². The zero-order chi connectivity index (χ0) is 19.8. The van der Waals surface area contributed by atoms with Crippen molar-refractivity contribution in [3.05, 3.63) is 71.3 Å². The molecule has 1 amide bonds. The highest BCUT2D eigenvalue weighted by molar-refractivity contribution is 5.79. The number of hydrogen-bond donors (Lipinski definition) is 0. The topological polar surface area (TPSA) is 29.5 Å². The van der Waals surface area contributed by atoms with E-state index in [9.17, 15) is 4.79 Å². The van der Waals surface area contributed by atoms with Crippen LogP contribution >= 0.6 is 0 Å². The molecule has 150 valence electrons. The summed E-state index contributed by atoms with van der Waals surface area (Å²) in [4.78, 5) is 15.2. The van der Waals surface area contributed by atoms with Gasteiger partial charge in [0.15, 0.2) is 0 Å². The minimum Gasteiger partial charge on any atom is -0.448 e. The summed E-state index contributed by atoms with van der Waals surface area (Å²) in [5.41, 5.74) is 6.61. The van der Waals surface area contributed by atoms with E-state index in [-0.39, 0.29) is 18.1 Å². The molecule has 3 aliphatic rings. The lowest BCUT2D eigenvalue weighted by molar-refractivity contribution is 0.0507. The Kier molecular flexibility index (Phi) is 4.91. The first-order valence-electron chi connectivity index (χ1n) is 11.1. The maximum atomic E-state index is 13.1. The standard InChI is InChI=1S/C26H29NO2/c1-2-8-18-15-19-9-7-10-20(16-18)27(19)26(28)29-17-25-23-13-5-3-11-21(23)22-12-4-6-14-24(22)25/h3-6,11-15,19-20,25H,2,7-10,16-17H2,1H3. The molecule has 0 aromatic heterocycles. The lowest BCUT2D eigenvalue weighted by atomic mass is 9.84. The van der Waals surface area contributed by atoms with Crippen LogP contribution in [0, 0.1) is 0 Å². The van der Waals surface area contributed by atoms with Crippen molar-refractivity contribution in [2.45, 2.75) is 63.5 Å². The Balaban J connectivity index is 1.34. The monoisotopic (exact) mass is 387 g/mol. The molecule has 2 heterocycles. The fourth-order valence-corrected chi connectivity index (χ4v) is 5.58. The third-order valence-electron chi connectivity index (χ3n) is 6.83. The van der Waals surface area contributed by atoms with Crippen LogP contribution in [0.1, 0.15) is 62.5 Å². The molecule has 0 radical (unpaired) electrons. The van der Waals surface area contributed by atoms with Crippen LogP contribution in [-0.2, 0) is 4.74 Å². The number of ether oxygens (including phenoxy) is 1. The van der Waals surface area contributed by atoms with E-state index in [4.69, 9.17) is 4.74 Å². The van der Waals surface area contributed by atoms with E-state index in [2.05, 4.69) is 61.5 Å². The zero-order valence-electron chi connectivity index (χ0n) is 17.1. The van der Waals surface area contributed by atoms with Crippen molar-refractivity contribution in [3.8, 4) is 11.1 Å². The van der Waals surface area contributed by atoms with Crippen molar-refractivity contribution < 1.29 is 9.53 Å². The number of carbonyl (C=O) groups is 1. The lowest BCUT2D eigenvalue weighted by Crippen LogP contribution is -2.52. The van der Waals surface area contributed by atoms with E-state index in [0.29, 0.717) is 12.6 Å². The zero-order valence-corrected chi connectivity index (χ0v) is 17.1. The van der Waals surface area contributed by atoms with E-state index in [1.54, 1.807) is 0 Å². The number of benzene rings is 2. The van der Waals surface area contributed by atoms with E-state index in [0.717, 1.165) is 25.7 Å². The second-order valence-electron chi connectivity index (χ2n) is 8.64. The average molecular weight is 388 g/mol. The van der Waals surface area contributed by atoms with Crippen molar-refractivity contribution in [1.82, 2.24) is 4.90 Å². The Bertz CT molecular complexity index is 902. The fraction of sp³-hybridized carbons (Fsp3) is 0.423. The van der Waals surface area contributed by atoms with Gasteiger partial charge >= 0.3 is 6.09 Å². The molecule has 2 aromatic rings. The Morgan fingerprint density at radius 1 is 1.03 bits per heavy atom. The molecule has 3 heteroatoms. The van der Waals surface area contributed by atoms with Gasteiger partial charge in [0.1, 0.15) is 6.61 Å². The van der Waals surface area contributed by atoms with Gasteiger partial charge in [-0.3, -0.25) is 4.90 Å². The van der Waals surface area contributed by atoms with Gasteiger partial charge < -0.3 is 4.74 Å². The van der Waals surface area contributed by atoms with Crippen LogP contribution in [0.5, 0.6) is 0 Å². The van der Waals surface area contributed by atoms with Crippen molar-refractivity contribution in [2.24, 2.45) is 0 Å². The van der Waals surface area contributed by atoms with Gasteiger partial charge in [-0.25, -0.2) is 4.79 Å². The molecule has 1 saturated heterocycles. The van der Waals surface area contributed by atoms with Crippen molar-refractivity contribution in [3.63, 3.8) is 0 Å². The molecule has 5 rings (SSSR count). The molecule has 0 saturated carbocycles. The third kappa shape index (κ3) is 3.27. The summed E-state index contributed by atoms with van der Waals surface area (Å²) in [5.74, 6) is 0.127. The van der Waals surface area contributed by atoms with E-state index >= 15 is 0 Å². The molecule has 2 unspecified atom stereocenters. The van der Waals surface area contributed by atoms with Gasteiger partial charge in [0.05, 0.1) is 6.04 Å². The molecule has 2 atom stereocenters. The number of fused-ring (bicyclic) bond motifs is 5. The number of piperidine rings is 1. The smallest absolute Gasteiger partial charge is 0.410 e. The molecule has 2 aromatic carbocycles. The first kappa shape index (κ1) is 18.5. The van der Waals surface area contributed by atoms with Crippen LogP contribution in [-0.4, -0.2) is 29.7 Å². The van der Waals surface area contributed by atoms with Crippen LogP contribution < -0.4 is 0 Å². The fourth-order valence-electron chi connectivity index (χ4n) is 5.58. The molecule has 0 spiro atoms. The summed E-state index contributed by atoms with van der Waals surface area (Å²) in [5, 5.41) is 0. The minimum atomic E-state index is -0.131. The van der Waals surface area contributed by atoms with Crippen molar-refractivity contribution >= 4 is 6.09 Å². The van der Waals surface area contributed by atoms with Crippen LogP contribution in [0.2, 0.25) is 0 Å². The SMILES string of the molecule is CCCC1=CC2CCCC(C1)N2C(=O)OCC1c2ccccc2-c2ccccc21. The van der Waals surface area contributed by atoms with Crippen LogP contribution in [0.4, 0.5) is 4.79 Å². The summed E-state index contributed by atoms with van der Waals surface area (Å²) >= 11 is 0. The molecule has 29 heavy (non-hydrogen) atoms. The highest BCUT2D eigenvalue weighted by Crippen LogP contribution is 2.44. The highest BCUT2D eigenvalue weighted by Gasteiger charge is 2.38. The van der Waals surface area contributed by atoms with Gasteiger partial charge in [0, 0.05) is 12.0 Å². The lowest BCUT2D eigenvalue weighted by Gasteiger charge is -2.44. The summed E-state index contributed by atoms with van der Waals surface area (Å²) in [6.07, 6.45) is 8.94. The Morgan fingerprint density at radius 2 is 1.72 bits per heavy atom. The van der Waals surface area contributed by atoms with Gasteiger partial charge in [-0.2, -0.15) is 0 Å². The van der Waals surface area contributed by atoms with E-state index in [1.165, 1.54) is 40.7 Å². The number of amides is 1. The predicted molar refractivity (Wildman–Crippen MR) is 116 cm³/mol. The summed E-state index contributed by atoms with van der Waals surface area (Å²) in [7, 11) is 0. The summed E-state index contributed by atoms with van der Waals surface area (Å²) < 4.78 is 5.97. The Hall–Kier alpha value is -2.55. The molecular formula is C26H29NO2. The predicted octanol–water partition coefficient (Wildman–Crippen LogP) is 6.29. The van der Waals surface area contributed by atoms with Gasteiger partial charge in [0.25, 0.3) is 0 Å². The Morgan fingerprint density at radius 3 is 2.38 bits per heavy atom. The van der Waals surface area contributed by atoms with Crippen molar-refractivity contribution in [2.75, 3.05) is 6.61 Å². The second kappa shape index (κ2) is 7.70. The van der Waals surface area contributed by atoms with Gasteiger partial charge in [0.2, 0.25) is 0 Å². The van der Waals surface area contributed by atoms with Gasteiger partial charge in [-0.15, -0.1) is 0 Å².